The molecule has 0 radical (unpaired) electrons. The third kappa shape index (κ3) is 7.52. The third-order valence-corrected chi connectivity index (χ3v) is 4.31. The Kier molecular flexibility index (Phi) is 9.55. The summed E-state index contributed by atoms with van der Waals surface area (Å²) in [7, 11) is 0. The van der Waals surface area contributed by atoms with Crippen LogP contribution in [0.15, 0.2) is 23.2 Å². The first-order valence-corrected chi connectivity index (χ1v) is 8.41. The second-order valence-electron chi connectivity index (χ2n) is 6.18. The topological polar surface area (TPSA) is 59.6 Å². The first-order chi connectivity index (χ1) is 10.6. The molecule has 1 aromatic rings. The molecule has 0 bridgehead atoms. The zero-order valence-electron chi connectivity index (χ0n) is 14.3. The molecule has 1 aliphatic carbocycles. The number of hydrogen-bond acceptors (Lipinski definition) is 2. The van der Waals surface area contributed by atoms with E-state index in [-0.39, 0.29) is 24.0 Å². The van der Waals surface area contributed by atoms with Gasteiger partial charge >= 0.3 is 0 Å². The van der Waals surface area contributed by atoms with Gasteiger partial charge in [-0.2, -0.15) is 0 Å². The molecule has 0 aliphatic heterocycles. The van der Waals surface area contributed by atoms with E-state index in [0.29, 0.717) is 25.2 Å². The number of ether oxygens (including phenoxy) is 1. The molecule has 0 saturated heterocycles. The maximum Gasteiger partial charge on any atom is 0.193 e. The van der Waals surface area contributed by atoms with Crippen LogP contribution in [0.25, 0.3) is 0 Å². The molecule has 23 heavy (non-hydrogen) atoms. The zero-order valence-corrected chi connectivity index (χ0v) is 16.6. The molecule has 0 aromatic heterocycles. The van der Waals surface area contributed by atoms with E-state index in [9.17, 15) is 0 Å². The Bertz CT molecular complexity index is 497. The van der Waals surface area contributed by atoms with Gasteiger partial charge < -0.3 is 15.8 Å². The number of nitrogens with zero attached hydrogens (tertiary/aromatic N) is 1. The molecule has 1 fully saturated rings. The fraction of sp³-hybridized carbons (Fsp3) is 0.611. The third-order valence-electron chi connectivity index (χ3n) is 4.31. The molecular formula is C18H30IN3O. The second-order valence-corrected chi connectivity index (χ2v) is 6.18. The highest BCUT2D eigenvalue weighted by molar-refractivity contribution is 14.0. The van der Waals surface area contributed by atoms with Gasteiger partial charge in [-0.3, -0.25) is 4.99 Å². The van der Waals surface area contributed by atoms with Gasteiger partial charge in [-0.1, -0.05) is 31.7 Å². The fourth-order valence-electron chi connectivity index (χ4n) is 2.80. The molecule has 0 heterocycles. The van der Waals surface area contributed by atoms with E-state index in [4.69, 9.17) is 10.5 Å². The average molecular weight is 431 g/mol. The summed E-state index contributed by atoms with van der Waals surface area (Å²) in [5.74, 6) is 0.452. The maximum absolute atomic E-state index is 5.92. The summed E-state index contributed by atoms with van der Waals surface area (Å²) in [5.41, 5.74) is 9.42. The number of halogens is 1. The predicted molar refractivity (Wildman–Crippen MR) is 109 cm³/mol. The van der Waals surface area contributed by atoms with Crippen molar-refractivity contribution >= 4 is 35.6 Å². The molecule has 5 heteroatoms. The van der Waals surface area contributed by atoms with E-state index in [1.165, 1.54) is 49.7 Å². The van der Waals surface area contributed by atoms with Crippen molar-refractivity contribution in [3.8, 4) is 0 Å². The minimum absolute atomic E-state index is 0. The van der Waals surface area contributed by atoms with E-state index in [0.717, 1.165) is 5.69 Å². The normalized spacial score (nSPS) is 16.5. The number of guanidine groups is 1. The Morgan fingerprint density at radius 1 is 1.17 bits per heavy atom. The van der Waals surface area contributed by atoms with E-state index in [2.05, 4.69) is 36.3 Å². The molecule has 4 nitrogen and oxygen atoms in total. The number of hydrogen-bond donors (Lipinski definition) is 2. The van der Waals surface area contributed by atoms with Crippen LogP contribution in [0.1, 0.15) is 49.7 Å². The number of nitrogens with one attached hydrogen (secondary N) is 1. The number of aliphatic imine (C=N–C) groups is 1. The van der Waals surface area contributed by atoms with Crippen LogP contribution in [-0.4, -0.2) is 25.2 Å². The van der Waals surface area contributed by atoms with E-state index >= 15 is 0 Å². The Hall–Kier alpha value is -0.820. The lowest BCUT2D eigenvalue weighted by atomic mass is 10.1. The van der Waals surface area contributed by atoms with Crippen LogP contribution in [-0.2, 0) is 4.74 Å². The van der Waals surface area contributed by atoms with Gasteiger partial charge in [-0.25, -0.2) is 0 Å². The number of aryl methyl sites for hydroxylation is 2. The van der Waals surface area contributed by atoms with Gasteiger partial charge in [-0.05, 0) is 49.9 Å². The molecule has 0 unspecified atom stereocenters. The second kappa shape index (κ2) is 10.9. The van der Waals surface area contributed by atoms with E-state index < -0.39 is 0 Å². The lowest BCUT2D eigenvalue weighted by Gasteiger charge is -2.14. The largest absolute Gasteiger partial charge is 0.376 e. The molecule has 1 aliphatic rings. The summed E-state index contributed by atoms with van der Waals surface area (Å²) in [6.07, 6.45) is 8.11. The van der Waals surface area contributed by atoms with Crippen LogP contribution in [0, 0.1) is 13.8 Å². The Morgan fingerprint density at radius 3 is 2.52 bits per heavy atom. The monoisotopic (exact) mass is 431 g/mol. The summed E-state index contributed by atoms with van der Waals surface area (Å²) >= 11 is 0. The van der Waals surface area contributed by atoms with Gasteiger partial charge in [0.25, 0.3) is 0 Å². The fourth-order valence-corrected chi connectivity index (χ4v) is 2.80. The lowest BCUT2D eigenvalue weighted by Crippen LogP contribution is -2.24. The number of nitrogens with two attached hydrogens (primary N) is 1. The van der Waals surface area contributed by atoms with Crippen molar-refractivity contribution in [2.45, 2.75) is 58.5 Å². The van der Waals surface area contributed by atoms with Crippen molar-refractivity contribution in [1.82, 2.24) is 0 Å². The summed E-state index contributed by atoms with van der Waals surface area (Å²) in [6, 6.07) is 6.19. The number of anilines is 1. The van der Waals surface area contributed by atoms with Gasteiger partial charge in [0.05, 0.1) is 19.3 Å². The van der Waals surface area contributed by atoms with Crippen LogP contribution >= 0.6 is 24.0 Å². The highest BCUT2D eigenvalue weighted by Gasteiger charge is 2.11. The summed E-state index contributed by atoms with van der Waals surface area (Å²) in [5, 5.41) is 3.13. The predicted octanol–water partition coefficient (Wildman–Crippen LogP) is 4.39. The van der Waals surface area contributed by atoms with Crippen LogP contribution in [0.2, 0.25) is 0 Å². The molecule has 0 atom stereocenters. The van der Waals surface area contributed by atoms with Gasteiger partial charge in [0.2, 0.25) is 0 Å². The zero-order chi connectivity index (χ0) is 15.8. The first kappa shape index (κ1) is 20.2. The summed E-state index contributed by atoms with van der Waals surface area (Å²) in [6.45, 7) is 5.45. The molecular weight excluding hydrogens is 401 g/mol. The highest BCUT2D eigenvalue weighted by Crippen LogP contribution is 2.19. The smallest absolute Gasteiger partial charge is 0.193 e. The highest BCUT2D eigenvalue weighted by atomic mass is 127. The molecule has 2 rings (SSSR count). The Labute approximate surface area is 157 Å². The van der Waals surface area contributed by atoms with Crippen LogP contribution in [0.3, 0.4) is 0 Å². The molecule has 0 amide bonds. The molecule has 1 saturated carbocycles. The molecule has 1 aromatic carbocycles. The number of rotatable bonds is 5. The standard InChI is InChI=1S/C18H29N3O.HI/c1-14-9-10-16(13-15(14)2)21-18(19)20-11-12-22-17-7-5-3-4-6-8-17;/h9-10,13,17H,3-8,11-12H2,1-2H3,(H3,19,20,21);1H. The average Bonchev–Trinajstić information content (AvgIpc) is 2.76. The Balaban J connectivity index is 0.00000264. The van der Waals surface area contributed by atoms with Gasteiger partial charge in [0.1, 0.15) is 0 Å². The van der Waals surface area contributed by atoms with Crippen LogP contribution in [0.4, 0.5) is 5.69 Å². The quantitative estimate of drug-likeness (QED) is 0.239. The van der Waals surface area contributed by atoms with Crippen molar-refractivity contribution < 1.29 is 4.74 Å². The molecule has 3 N–H and O–H groups in total. The SMILES string of the molecule is Cc1ccc(NC(N)=NCCOC2CCCCCC2)cc1C.I. The van der Waals surface area contributed by atoms with Gasteiger partial charge in [0, 0.05) is 5.69 Å². The van der Waals surface area contributed by atoms with Crippen molar-refractivity contribution in [3.05, 3.63) is 29.3 Å². The minimum atomic E-state index is 0. The maximum atomic E-state index is 5.92. The van der Waals surface area contributed by atoms with Gasteiger partial charge in [-0.15, -0.1) is 24.0 Å². The van der Waals surface area contributed by atoms with Crippen molar-refractivity contribution in [2.75, 3.05) is 18.5 Å². The summed E-state index contributed by atoms with van der Waals surface area (Å²) in [4.78, 5) is 4.34. The van der Waals surface area contributed by atoms with E-state index in [1.807, 2.05) is 6.07 Å². The van der Waals surface area contributed by atoms with Crippen LogP contribution < -0.4 is 11.1 Å². The van der Waals surface area contributed by atoms with Crippen molar-refractivity contribution in [1.29, 1.82) is 0 Å². The number of benzene rings is 1. The Morgan fingerprint density at radius 2 is 1.87 bits per heavy atom. The molecule has 0 spiro atoms. The van der Waals surface area contributed by atoms with Crippen molar-refractivity contribution in [2.24, 2.45) is 10.7 Å². The summed E-state index contributed by atoms with van der Waals surface area (Å²) < 4.78 is 5.91. The van der Waals surface area contributed by atoms with E-state index in [1.54, 1.807) is 0 Å². The minimum Gasteiger partial charge on any atom is -0.376 e. The van der Waals surface area contributed by atoms with Gasteiger partial charge in [0.15, 0.2) is 5.96 Å². The first-order valence-electron chi connectivity index (χ1n) is 8.41. The van der Waals surface area contributed by atoms with Crippen LogP contribution in [0.5, 0.6) is 0 Å². The molecule has 130 valence electrons. The lowest BCUT2D eigenvalue weighted by molar-refractivity contribution is 0.0487. The van der Waals surface area contributed by atoms with Crippen molar-refractivity contribution in [3.63, 3.8) is 0 Å².